The summed E-state index contributed by atoms with van der Waals surface area (Å²) in [5.74, 6) is -0.238. The summed E-state index contributed by atoms with van der Waals surface area (Å²) < 4.78 is 0. The van der Waals surface area contributed by atoms with Crippen LogP contribution in [-0.4, -0.2) is 58.9 Å². The molecule has 30 heavy (non-hydrogen) atoms. The molecule has 4 amide bonds. The SMILES string of the molecule is O=C(CCN1C(=O)NC2(CCCCC2)C1=O)NC1CCCN(Cc2ccccc2)C1. The van der Waals surface area contributed by atoms with Crippen LogP contribution >= 0.6 is 0 Å². The van der Waals surface area contributed by atoms with Crippen molar-refractivity contribution >= 4 is 17.8 Å². The number of piperidine rings is 1. The van der Waals surface area contributed by atoms with Crippen molar-refractivity contribution in [3.63, 3.8) is 0 Å². The lowest BCUT2D eigenvalue weighted by molar-refractivity contribution is -0.132. The topological polar surface area (TPSA) is 81.8 Å². The number of imide groups is 1. The van der Waals surface area contributed by atoms with Gasteiger partial charge in [-0.2, -0.15) is 0 Å². The number of hydrogen-bond donors (Lipinski definition) is 2. The molecule has 2 N–H and O–H groups in total. The lowest BCUT2D eigenvalue weighted by Gasteiger charge is -2.33. The maximum absolute atomic E-state index is 12.8. The number of nitrogens with zero attached hydrogens (tertiary/aromatic N) is 2. The molecule has 3 aliphatic rings. The van der Waals surface area contributed by atoms with Crippen molar-refractivity contribution in [1.82, 2.24) is 20.4 Å². The Morgan fingerprint density at radius 3 is 2.63 bits per heavy atom. The predicted octanol–water partition coefficient (Wildman–Crippen LogP) is 2.41. The Balaban J connectivity index is 1.24. The highest BCUT2D eigenvalue weighted by Crippen LogP contribution is 2.33. The standard InChI is InChI=1S/C23H32N4O3/c28-20(11-15-27-21(29)23(25-22(27)30)12-5-2-6-13-23)24-19-10-7-14-26(17-19)16-18-8-3-1-4-9-18/h1,3-4,8-9,19H,2,5-7,10-17H2,(H,24,28)(H,25,30). The average molecular weight is 413 g/mol. The van der Waals surface area contributed by atoms with Crippen molar-refractivity contribution in [3.05, 3.63) is 35.9 Å². The minimum absolute atomic E-state index is 0.0910. The molecule has 1 spiro atoms. The van der Waals surface area contributed by atoms with Crippen LogP contribution in [-0.2, 0) is 16.1 Å². The second kappa shape index (κ2) is 9.16. The zero-order valence-corrected chi connectivity index (χ0v) is 17.6. The Kier molecular flexibility index (Phi) is 6.37. The molecule has 1 aliphatic carbocycles. The molecule has 4 rings (SSSR count). The van der Waals surface area contributed by atoms with Crippen LogP contribution in [0.25, 0.3) is 0 Å². The molecule has 1 aromatic carbocycles. The maximum atomic E-state index is 12.8. The minimum Gasteiger partial charge on any atom is -0.352 e. The zero-order valence-electron chi connectivity index (χ0n) is 17.6. The van der Waals surface area contributed by atoms with E-state index in [-0.39, 0.29) is 36.9 Å². The summed E-state index contributed by atoms with van der Waals surface area (Å²) in [7, 11) is 0. The van der Waals surface area contributed by atoms with Gasteiger partial charge in [-0.3, -0.25) is 19.4 Å². The van der Waals surface area contributed by atoms with Gasteiger partial charge < -0.3 is 10.6 Å². The second-order valence-electron chi connectivity index (χ2n) is 8.91. The fraction of sp³-hybridized carbons (Fsp3) is 0.609. The van der Waals surface area contributed by atoms with E-state index in [0.29, 0.717) is 12.8 Å². The van der Waals surface area contributed by atoms with E-state index in [4.69, 9.17) is 0 Å². The van der Waals surface area contributed by atoms with E-state index >= 15 is 0 Å². The third-order valence-electron chi connectivity index (χ3n) is 6.64. The molecule has 1 atom stereocenters. The number of rotatable bonds is 6. The Morgan fingerprint density at radius 1 is 1.10 bits per heavy atom. The maximum Gasteiger partial charge on any atom is 0.325 e. The van der Waals surface area contributed by atoms with Gasteiger partial charge in [-0.05, 0) is 37.8 Å². The van der Waals surface area contributed by atoms with E-state index in [1.165, 1.54) is 10.5 Å². The van der Waals surface area contributed by atoms with Gasteiger partial charge in [0.1, 0.15) is 5.54 Å². The number of benzene rings is 1. The lowest BCUT2D eigenvalue weighted by Crippen LogP contribution is -2.49. The van der Waals surface area contributed by atoms with Crippen LogP contribution in [0.3, 0.4) is 0 Å². The molecule has 3 fully saturated rings. The summed E-state index contributed by atoms with van der Waals surface area (Å²) in [5, 5.41) is 6.01. The van der Waals surface area contributed by atoms with Crippen LogP contribution in [0.2, 0.25) is 0 Å². The van der Waals surface area contributed by atoms with Crippen LogP contribution in [0.4, 0.5) is 4.79 Å². The Labute approximate surface area is 178 Å². The minimum atomic E-state index is -0.715. The smallest absolute Gasteiger partial charge is 0.325 e. The van der Waals surface area contributed by atoms with Crippen LogP contribution in [0.5, 0.6) is 0 Å². The molecule has 0 aromatic heterocycles. The monoisotopic (exact) mass is 412 g/mol. The van der Waals surface area contributed by atoms with Crippen LogP contribution in [0, 0.1) is 0 Å². The molecule has 7 heteroatoms. The zero-order chi connectivity index (χ0) is 21.0. The third-order valence-corrected chi connectivity index (χ3v) is 6.64. The first-order chi connectivity index (χ1) is 14.6. The van der Waals surface area contributed by atoms with Crippen LogP contribution in [0.15, 0.2) is 30.3 Å². The van der Waals surface area contributed by atoms with E-state index in [9.17, 15) is 14.4 Å². The first-order valence-corrected chi connectivity index (χ1v) is 11.3. The van der Waals surface area contributed by atoms with Gasteiger partial charge >= 0.3 is 6.03 Å². The van der Waals surface area contributed by atoms with E-state index in [1.807, 2.05) is 18.2 Å². The summed E-state index contributed by atoms with van der Waals surface area (Å²) in [6.45, 7) is 2.90. The summed E-state index contributed by atoms with van der Waals surface area (Å²) in [6.07, 6.45) is 6.61. The molecule has 2 heterocycles. The summed E-state index contributed by atoms with van der Waals surface area (Å²) in [6, 6.07) is 10.1. The van der Waals surface area contributed by atoms with Crippen LogP contribution < -0.4 is 10.6 Å². The highest BCUT2D eigenvalue weighted by atomic mass is 16.2. The number of nitrogens with one attached hydrogen (secondary N) is 2. The molecule has 1 unspecified atom stereocenters. The van der Waals surface area contributed by atoms with Crippen molar-refractivity contribution in [1.29, 1.82) is 0 Å². The molecular formula is C23H32N4O3. The number of hydrogen-bond acceptors (Lipinski definition) is 4. The highest BCUT2D eigenvalue weighted by Gasteiger charge is 2.51. The van der Waals surface area contributed by atoms with Gasteiger partial charge in [0.05, 0.1) is 0 Å². The predicted molar refractivity (Wildman–Crippen MR) is 114 cm³/mol. The van der Waals surface area contributed by atoms with Crippen molar-refractivity contribution in [2.24, 2.45) is 0 Å². The number of amides is 4. The molecule has 2 saturated heterocycles. The second-order valence-corrected chi connectivity index (χ2v) is 8.91. The normalized spacial score (nSPS) is 24.1. The highest BCUT2D eigenvalue weighted by molar-refractivity contribution is 6.07. The van der Waals surface area contributed by atoms with Gasteiger partial charge in [-0.1, -0.05) is 49.6 Å². The first-order valence-electron chi connectivity index (χ1n) is 11.3. The van der Waals surface area contributed by atoms with Gasteiger partial charge in [0.2, 0.25) is 5.91 Å². The Hall–Kier alpha value is -2.41. The van der Waals surface area contributed by atoms with E-state index in [0.717, 1.165) is 51.7 Å². The number of carbonyl (C=O) groups is 3. The fourth-order valence-corrected chi connectivity index (χ4v) is 5.05. The fourth-order valence-electron chi connectivity index (χ4n) is 5.05. The van der Waals surface area contributed by atoms with E-state index in [2.05, 4.69) is 27.7 Å². The molecule has 162 valence electrons. The van der Waals surface area contributed by atoms with Crippen molar-refractivity contribution in [2.45, 2.75) is 69.5 Å². The van der Waals surface area contributed by atoms with Crippen molar-refractivity contribution in [3.8, 4) is 0 Å². The molecule has 1 saturated carbocycles. The van der Waals surface area contributed by atoms with E-state index < -0.39 is 5.54 Å². The summed E-state index contributed by atoms with van der Waals surface area (Å²) in [4.78, 5) is 41.3. The quantitative estimate of drug-likeness (QED) is 0.703. The van der Waals surface area contributed by atoms with Crippen molar-refractivity contribution in [2.75, 3.05) is 19.6 Å². The average Bonchev–Trinajstić information content (AvgIpc) is 2.97. The number of urea groups is 1. The Morgan fingerprint density at radius 2 is 1.87 bits per heavy atom. The summed E-state index contributed by atoms with van der Waals surface area (Å²) in [5.41, 5.74) is 0.562. The van der Waals surface area contributed by atoms with Gasteiger partial charge in [-0.25, -0.2) is 4.79 Å². The van der Waals surface area contributed by atoms with Crippen LogP contribution in [0.1, 0.15) is 56.9 Å². The molecule has 0 bridgehead atoms. The largest absolute Gasteiger partial charge is 0.352 e. The third kappa shape index (κ3) is 4.67. The Bertz CT molecular complexity index is 776. The van der Waals surface area contributed by atoms with E-state index in [1.54, 1.807) is 0 Å². The first kappa shape index (κ1) is 20.8. The van der Waals surface area contributed by atoms with Gasteiger partial charge in [0.15, 0.2) is 0 Å². The molecular weight excluding hydrogens is 380 g/mol. The van der Waals surface area contributed by atoms with Gasteiger partial charge in [0.25, 0.3) is 5.91 Å². The number of carbonyl (C=O) groups excluding carboxylic acids is 3. The van der Waals surface area contributed by atoms with Crippen molar-refractivity contribution < 1.29 is 14.4 Å². The van der Waals surface area contributed by atoms with Gasteiger partial charge in [0, 0.05) is 32.1 Å². The lowest BCUT2D eigenvalue weighted by atomic mass is 9.82. The number of likely N-dealkylation sites (tertiary alicyclic amines) is 1. The molecule has 2 aliphatic heterocycles. The molecule has 0 radical (unpaired) electrons. The molecule has 1 aromatic rings. The van der Waals surface area contributed by atoms with Gasteiger partial charge in [-0.15, -0.1) is 0 Å². The summed E-state index contributed by atoms with van der Waals surface area (Å²) >= 11 is 0. The molecule has 7 nitrogen and oxygen atoms in total.